The molecule has 3 aromatic rings. The number of rotatable bonds is 5. The monoisotopic (exact) mass is 447 g/mol. The maximum absolute atomic E-state index is 13.2. The molecule has 0 saturated carbocycles. The summed E-state index contributed by atoms with van der Waals surface area (Å²) in [4.78, 5) is 37.4. The van der Waals surface area contributed by atoms with E-state index in [4.69, 9.17) is 4.52 Å². The van der Waals surface area contributed by atoms with Crippen LogP contribution < -0.4 is 0 Å². The minimum Gasteiger partial charge on any atom is -0.478 e. The second-order valence-corrected chi connectivity index (χ2v) is 8.93. The van der Waals surface area contributed by atoms with Crippen LogP contribution in [0.5, 0.6) is 0 Å². The summed E-state index contributed by atoms with van der Waals surface area (Å²) in [7, 11) is 0. The van der Waals surface area contributed by atoms with E-state index in [9.17, 15) is 14.7 Å². The highest BCUT2D eigenvalue weighted by Gasteiger charge is 2.55. The summed E-state index contributed by atoms with van der Waals surface area (Å²) in [6.07, 6.45) is 4.06. The van der Waals surface area contributed by atoms with Gasteiger partial charge in [-0.25, -0.2) is 4.79 Å². The fourth-order valence-corrected chi connectivity index (χ4v) is 5.19. The molecule has 1 aromatic carbocycles. The number of pyridine rings is 1. The lowest BCUT2D eigenvalue weighted by Crippen LogP contribution is -2.53. The standard InChI is InChI=1S/C24H25N5O4/c1-16-26-23(33-27-16)24-14-28(12-17-4-2-5-18(10-17)22(31)32)13-20(24)7-9-29(15-24)21(30)19-6-3-8-25-11-19/h2-6,8,10-11,20H,7,9,12-15H2,1H3,(H,31,32)/t20-,24+/m0/s1. The van der Waals surface area contributed by atoms with E-state index in [-0.39, 0.29) is 17.4 Å². The third-order valence-electron chi connectivity index (χ3n) is 6.72. The van der Waals surface area contributed by atoms with Gasteiger partial charge in [-0.3, -0.25) is 14.7 Å². The molecule has 4 heterocycles. The van der Waals surface area contributed by atoms with Crippen LogP contribution in [0.25, 0.3) is 0 Å². The topological polar surface area (TPSA) is 113 Å². The Morgan fingerprint density at radius 2 is 2.06 bits per heavy atom. The number of hydrogen-bond donors (Lipinski definition) is 1. The number of amides is 1. The lowest BCUT2D eigenvalue weighted by molar-refractivity contribution is 0.0535. The Bertz CT molecular complexity index is 1180. The fraction of sp³-hybridized carbons (Fsp3) is 0.375. The Kier molecular flexibility index (Phi) is 5.41. The van der Waals surface area contributed by atoms with E-state index in [1.807, 2.05) is 11.0 Å². The van der Waals surface area contributed by atoms with Crippen LogP contribution in [0, 0.1) is 12.8 Å². The van der Waals surface area contributed by atoms with Crippen LogP contribution >= 0.6 is 0 Å². The Labute approximate surface area is 191 Å². The van der Waals surface area contributed by atoms with Gasteiger partial charge >= 0.3 is 5.97 Å². The van der Waals surface area contributed by atoms with Crippen LogP contribution in [-0.4, -0.2) is 68.1 Å². The predicted molar refractivity (Wildman–Crippen MR) is 118 cm³/mol. The zero-order valence-electron chi connectivity index (χ0n) is 18.3. The number of aryl methyl sites for hydroxylation is 1. The molecule has 2 aliphatic heterocycles. The molecule has 2 aliphatic rings. The van der Waals surface area contributed by atoms with Crippen molar-refractivity contribution in [2.75, 3.05) is 26.2 Å². The van der Waals surface area contributed by atoms with Crippen molar-refractivity contribution in [2.24, 2.45) is 5.92 Å². The van der Waals surface area contributed by atoms with Gasteiger partial charge in [-0.2, -0.15) is 4.98 Å². The van der Waals surface area contributed by atoms with Gasteiger partial charge in [-0.15, -0.1) is 0 Å². The Morgan fingerprint density at radius 3 is 2.79 bits per heavy atom. The van der Waals surface area contributed by atoms with Crippen molar-refractivity contribution in [1.82, 2.24) is 24.9 Å². The van der Waals surface area contributed by atoms with Gasteiger partial charge in [0.15, 0.2) is 5.82 Å². The van der Waals surface area contributed by atoms with Crippen LogP contribution in [0.15, 0.2) is 53.3 Å². The molecule has 1 N–H and O–H groups in total. The largest absolute Gasteiger partial charge is 0.478 e. The number of carbonyl (C=O) groups excluding carboxylic acids is 1. The summed E-state index contributed by atoms with van der Waals surface area (Å²) in [6.45, 7) is 5.00. The van der Waals surface area contributed by atoms with Crippen molar-refractivity contribution >= 4 is 11.9 Å². The summed E-state index contributed by atoms with van der Waals surface area (Å²) < 4.78 is 5.68. The first-order valence-corrected chi connectivity index (χ1v) is 11.0. The number of carbonyl (C=O) groups is 2. The molecule has 2 atom stereocenters. The van der Waals surface area contributed by atoms with Gasteiger partial charge in [-0.05, 0) is 49.1 Å². The number of nitrogens with zero attached hydrogens (tertiary/aromatic N) is 5. The van der Waals surface area contributed by atoms with Crippen molar-refractivity contribution in [1.29, 1.82) is 0 Å². The van der Waals surface area contributed by atoms with E-state index in [1.165, 1.54) is 0 Å². The van der Waals surface area contributed by atoms with Gasteiger partial charge in [0, 0.05) is 45.1 Å². The summed E-state index contributed by atoms with van der Waals surface area (Å²) in [5, 5.41) is 13.4. The summed E-state index contributed by atoms with van der Waals surface area (Å²) >= 11 is 0. The van der Waals surface area contributed by atoms with E-state index in [1.54, 1.807) is 49.6 Å². The quantitative estimate of drug-likeness (QED) is 0.634. The Morgan fingerprint density at radius 1 is 1.21 bits per heavy atom. The molecule has 33 heavy (non-hydrogen) atoms. The van der Waals surface area contributed by atoms with Crippen molar-refractivity contribution in [2.45, 2.75) is 25.3 Å². The lowest BCUT2D eigenvalue weighted by Gasteiger charge is -2.41. The third kappa shape index (κ3) is 4.00. The second kappa shape index (κ2) is 8.40. The smallest absolute Gasteiger partial charge is 0.335 e. The first kappa shape index (κ1) is 21.3. The van der Waals surface area contributed by atoms with E-state index in [0.717, 1.165) is 18.5 Å². The van der Waals surface area contributed by atoms with Crippen LogP contribution in [0.1, 0.15) is 44.4 Å². The molecule has 0 aliphatic carbocycles. The maximum Gasteiger partial charge on any atom is 0.335 e. The van der Waals surface area contributed by atoms with Gasteiger partial charge in [0.2, 0.25) is 5.89 Å². The first-order chi connectivity index (χ1) is 15.9. The summed E-state index contributed by atoms with van der Waals surface area (Å²) in [6, 6.07) is 10.6. The average Bonchev–Trinajstić information content (AvgIpc) is 3.42. The lowest BCUT2D eigenvalue weighted by atomic mass is 9.73. The zero-order chi connectivity index (χ0) is 23.0. The number of hydrogen-bond acceptors (Lipinski definition) is 7. The first-order valence-electron chi connectivity index (χ1n) is 11.0. The number of piperidine rings is 1. The molecule has 2 aromatic heterocycles. The van der Waals surface area contributed by atoms with Gasteiger partial charge in [0.05, 0.1) is 16.5 Å². The average molecular weight is 447 g/mol. The molecule has 2 fully saturated rings. The van der Waals surface area contributed by atoms with E-state index in [2.05, 4.69) is 20.0 Å². The summed E-state index contributed by atoms with van der Waals surface area (Å²) in [5.74, 6) is 0.397. The number of likely N-dealkylation sites (tertiary alicyclic amines) is 2. The number of carboxylic acid groups (broad SMARTS) is 1. The highest BCUT2D eigenvalue weighted by molar-refractivity contribution is 5.94. The highest BCUT2D eigenvalue weighted by atomic mass is 16.5. The number of fused-ring (bicyclic) bond motifs is 1. The molecule has 0 spiro atoms. The molecule has 0 radical (unpaired) electrons. The molecular weight excluding hydrogens is 422 g/mol. The molecule has 2 saturated heterocycles. The zero-order valence-corrected chi connectivity index (χ0v) is 18.3. The van der Waals surface area contributed by atoms with Crippen LogP contribution in [0.3, 0.4) is 0 Å². The SMILES string of the molecule is Cc1noc([C@@]23CN(Cc4cccc(C(=O)O)c4)C[C@@H]2CCN(C(=O)c2cccnc2)C3)n1. The van der Waals surface area contributed by atoms with Gasteiger partial charge in [0.1, 0.15) is 0 Å². The van der Waals surface area contributed by atoms with Crippen LogP contribution in [0.2, 0.25) is 0 Å². The predicted octanol–water partition coefficient (Wildman–Crippen LogP) is 2.39. The van der Waals surface area contributed by atoms with Crippen molar-refractivity contribution in [3.8, 4) is 0 Å². The maximum atomic E-state index is 13.2. The molecule has 1 amide bonds. The van der Waals surface area contributed by atoms with Crippen LogP contribution in [0.4, 0.5) is 0 Å². The van der Waals surface area contributed by atoms with Gasteiger partial charge in [0.25, 0.3) is 5.91 Å². The highest BCUT2D eigenvalue weighted by Crippen LogP contribution is 2.44. The fourth-order valence-electron chi connectivity index (χ4n) is 5.19. The van der Waals surface area contributed by atoms with E-state index in [0.29, 0.717) is 43.5 Å². The minimum absolute atomic E-state index is 0.0511. The summed E-state index contributed by atoms with van der Waals surface area (Å²) in [5.41, 5.74) is 1.31. The van der Waals surface area contributed by atoms with Crippen molar-refractivity contribution in [3.05, 3.63) is 77.2 Å². The minimum atomic E-state index is -0.936. The molecule has 9 heteroatoms. The Hall–Kier alpha value is -3.59. The van der Waals surface area contributed by atoms with Gasteiger partial charge in [-0.1, -0.05) is 17.3 Å². The molecule has 0 unspecified atom stereocenters. The van der Waals surface area contributed by atoms with Gasteiger partial charge < -0.3 is 14.5 Å². The number of aromatic nitrogens is 3. The number of aromatic carboxylic acids is 1. The van der Waals surface area contributed by atoms with E-state index < -0.39 is 11.4 Å². The molecule has 170 valence electrons. The Balaban J connectivity index is 1.42. The van der Waals surface area contributed by atoms with Crippen LogP contribution in [-0.2, 0) is 12.0 Å². The normalized spacial score (nSPS) is 22.8. The van der Waals surface area contributed by atoms with E-state index >= 15 is 0 Å². The third-order valence-corrected chi connectivity index (χ3v) is 6.72. The van der Waals surface area contributed by atoms with Crippen molar-refractivity contribution in [3.63, 3.8) is 0 Å². The molecule has 5 rings (SSSR count). The molecule has 0 bridgehead atoms. The second-order valence-electron chi connectivity index (χ2n) is 8.93. The number of carboxylic acids is 1. The molecular formula is C24H25N5O4. The van der Waals surface area contributed by atoms with Crippen molar-refractivity contribution < 1.29 is 19.2 Å². The molecule has 9 nitrogen and oxygen atoms in total. The number of benzene rings is 1.